The van der Waals surface area contributed by atoms with Gasteiger partial charge in [-0.3, -0.25) is 0 Å². The maximum Gasteiger partial charge on any atom is 0.126 e. The second-order valence-corrected chi connectivity index (χ2v) is 7.88. The lowest BCUT2D eigenvalue weighted by atomic mass is 9.90. The van der Waals surface area contributed by atoms with Crippen molar-refractivity contribution >= 4 is 0 Å². The fourth-order valence-electron chi connectivity index (χ4n) is 4.18. The van der Waals surface area contributed by atoms with E-state index in [1.165, 1.54) is 35.3 Å². The largest absolute Gasteiger partial charge is 0.385 e. The number of benzene rings is 2. The van der Waals surface area contributed by atoms with Gasteiger partial charge >= 0.3 is 0 Å². The summed E-state index contributed by atoms with van der Waals surface area (Å²) < 4.78 is 6.02. The van der Waals surface area contributed by atoms with Crippen molar-refractivity contribution in [2.45, 2.75) is 44.8 Å². The predicted molar refractivity (Wildman–Crippen MR) is 110 cm³/mol. The fourth-order valence-corrected chi connectivity index (χ4v) is 4.18. The topological polar surface area (TPSA) is 33.9 Å². The maximum atomic E-state index is 10.4. The molecule has 0 spiro atoms. The number of aliphatic hydroxyl groups is 1. The third-order valence-electron chi connectivity index (χ3n) is 5.74. The van der Waals surface area contributed by atoms with Gasteiger partial charge in [0.2, 0.25) is 0 Å². The Hall–Kier alpha value is -1.68. The van der Waals surface area contributed by atoms with E-state index in [1.54, 1.807) is 0 Å². The number of aliphatic hydroxyl groups excluding tert-OH is 1. The molecular weight excluding hydrogens is 334 g/mol. The number of ether oxygens (including phenoxy) is 1. The molecule has 2 atom stereocenters. The number of hydrogen-bond donors (Lipinski definition) is 2. The van der Waals surface area contributed by atoms with Crippen molar-refractivity contribution in [3.8, 4) is 0 Å². The van der Waals surface area contributed by atoms with Gasteiger partial charge in [-0.15, -0.1) is 0 Å². The van der Waals surface area contributed by atoms with E-state index in [-0.39, 0.29) is 12.2 Å². The van der Waals surface area contributed by atoms with Crippen molar-refractivity contribution in [3.63, 3.8) is 0 Å². The predicted octanol–water partition coefficient (Wildman–Crippen LogP) is 3.05. The van der Waals surface area contributed by atoms with Crippen LogP contribution in [-0.4, -0.2) is 37.5 Å². The molecule has 0 bridgehead atoms. The van der Waals surface area contributed by atoms with E-state index < -0.39 is 0 Å². The molecule has 0 aromatic heterocycles. The average molecular weight is 369 g/mol. The summed E-state index contributed by atoms with van der Waals surface area (Å²) in [7, 11) is 0. The highest BCUT2D eigenvalue weighted by atomic mass is 16.5. The standard InChI is InChI=1S/C24H33NO2/c1-2-24(22-11-7-4-8-12-22)27-19-23(26)18-25-15-13-21(14-16-25)17-20-9-5-3-6-10-20/h3-12,21,23-24,26H,2,13-19H2,1H3/p+1/t23-,24+/m0/s1. The summed E-state index contributed by atoms with van der Waals surface area (Å²) in [6, 6.07) is 21.1. The smallest absolute Gasteiger partial charge is 0.126 e. The van der Waals surface area contributed by atoms with Crippen LogP contribution in [0, 0.1) is 5.92 Å². The third-order valence-corrected chi connectivity index (χ3v) is 5.74. The Labute approximate surface area is 164 Å². The molecule has 1 aliphatic heterocycles. The summed E-state index contributed by atoms with van der Waals surface area (Å²) in [5.41, 5.74) is 2.65. The average Bonchev–Trinajstić information content (AvgIpc) is 2.71. The quantitative estimate of drug-likeness (QED) is 0.713. The number of piperidine rings is 1. The lowest BCUT2D eigenvalue weighted by molar-refractivity contribution is -0.909. The molecule has 3 nitrogen and oxygen atoms in total. The maximum absolute atomic E-state index is 10.4. The Balaban J connectivity index is 1.37. The summed E-state index contributed by atoms with van der Waals surface area (Å²) >= 11 is 0. The van der Waals surface area contributed by atoms with Crippen molar-refractivity contribution in [1.82, 2.24) is 0 Å². The monoisotopic (exact) mass is 368 g/mol. The van der Waals surface area contributed by atoms with Crippen LogP contribution in [0.5, 0.6) is 0 Å². The van der Waals surface area contributed by atoms with Crippen molar-refractivity contribution in [1.29, 1.82) is 0 Å². The number of likely N-dealkylation sites (tertiary alicyclic amines) is 1. The molecule has 1 aliphatic rings. The zero-order valence-corrected chi connectivity index (χ0v) is 16.5. The van der Waals surface area contributed by atoms with Crippen LogP contribution in [0.3, 0.4) is 0 Å². The summed E-state index contributed by atoms with van der Waals surface area (Å²) in [6.45, 7) is 5.66. The van der Waals surface area contributed by atoms with E-state index in [0.29, 0.717) is 6.61 Å². The van der Waals surface area contributed by atoms with Crippen LogP contribution < -0.4 is 4.90 Å². The molecule has 27 heavy (non-hydrogen) atoms. The molecule has 2 aromatic rings. The van der Waals surface area contributed by atoms with Crippen molar-refractivity contribution in [2.24, 2.45) is 5.92 Å². The van der Waals surface area contributed by atoms with Gasteiger partial charge in [0.25, 0.3) is 0 Å². The Morgan fingerprint density at radius 2 is 1.63 bits per heavy atom. The Bertz CT molecular complexity index is 638. The summed E-state index contributed by atoms with van der Waals surface area (Å²) in [5, 5.41) is 10.4. The van der Waals surface area contributed by atoms with E-state index in [9.17, 15) is 5.11 Å². The van der Waals surface area contributed by atoms with Crippen LogP contribution in [0.25, 0.3) is 0 Å². The van der Waals surface area contributed by atoms with Gasteiger partial charge in [-0.25, -0.2) is 0 Å². The minimum atomic E-state index is -0.386. The first-order valence-electron chi connectivity index (χ1n) is 10.5. The molecule has 0 saturated carbocycles. The molecule has 3 heteroatoms. The van der Waals surface area contributed by atoms with E-state index in [4.69, 9.17) is 4.74 Å². The van der Waals surface area contributed by atoms with Gasteiger partial charge in [0.15, 0.2) is 0 Å². The lowest BCUT2D eigenvalue weighted by Crippen LogP contribution is -3.14. The number of quaternary nitrogens is 1. The molecule has 3 rings (SSSR count). The van der Waals surface area contributed by atoms with E-state index in [0.717, 1.165) is 32.0 Å². The number of rotatable bonds is 9. The molecule has 0 aliphatic carbocycles. The molecule has 1 heterocycles. The van der Waals surface area contributed by atoms with E-state index in [2.05, 4.69) is 49.4 Å². The minimum absolute atomic E-state index is 0.0764. The molecule has 2 aromatic carbocycles. The second-order valence-electron chi connectivity index (χ2n) is 7.88. The van der Waals surface area contributed by atoms with Crippen LogP contribution in [0.15, 0.2) is 60.7 Å². The van der Waals surface area contributed by atoms with Crippen LogP contribution in [-0.2, 0) is 11.2 Å². The highest BCUT2D eigenvalue weighted by Crippen LogP contribution is 2.20. The fraction of sp³-hybridized carbons (Fsp3) is 0.500. The molecule has 146 valence electrons. The first kappa shape index (κ1) is 20.1. The summed E-state index contributed by atoms with van der Waals surface area (Å²) in [4.78, 5) is 1.52. The molecule has 0 unspecified atom stereocenters. The van der Waals surface area contributed by atoms with Gasteiger partial charge in [-0.2, -0.15) is 0 Å². The molecular formula is C24H34NO2+. The van der Waals surface area contributed by atoms with Crippen molar-refractivity contribution in [2.75, 3.05) is 26.2 Å². The highest BCUT2D eigenvalue weighted by Gasteiger charge is 2.24. The molecule has 1 saturated heterocycles. The summed E-state index contributed by atoms with van der Waals surface area (Å²) in [6.07, 6.45) is 4.30. The van der Waals surface area contributed by atoms with Gasteiger partial charge < -0.3 is 14.7 Å². The summed E-state index contributed by atoms with van der Waals surface area (Å²) in [5.74, 6) is 0.784. The number of nitrogens with one attached hydrogen (secondary N) is 1. The van der Waals surface area contributed by atoms with Gasteiger partial charge in [-0.1, -0.05) is 67.6 Å². The first-order valence-corrected chi connectivity index (χ1v) is 10.5. The SMILES string of the molecule is CC[C@@H](OC[C@@H](O)C[NH+]1CCC(Cc2ccccc2)CC1)c1ccccc1. The van der Waals surface area contributed by atoms with Gasteiger partial charge in [-0.05, 0) is 42.7 Å². The molecule has 1 fully saturated rings. The van der Waals surface area contributed by atoms with Crippen LogP contribution in [0.2, 0.25) is 0 Å². The van der Waals surface area contributed by atoms with Gasteiger partial charge in [0, 0.05) is 0 Å². The second kappa shape index (κ2) is 10.6. The van der Waals surface area contributed by atoms with Crippen molar-refractivity contribution in [3.05, 3.63) is 71.8 Å². The normalized spacial score (nSPS) is 22.3. The Morgan fingerprint density at radius 1 is 1.00 bits per heavy atom. The lowest BCUT2D eigenvalue weighted by Gasteiger charge is -2.31. The van der Waals surface area contributed by atoms with Crippen LogP contribution in [0.4, 0.5) is 0 Å². The molecule has 0 amide bonds. The first-order chi connectivity index (χ1) is 13.2. The number of hydrogen-bond acceptors (Lipinski definition) is 2. The zero-order valence-electron chi connectivity index (χ0n) is 16.5. The van der Waals surface area contributed by atoms with E-state index in [1.807, 2.05) is 18.2 Å². The third kappa shape index (κ3) is 6.46. The van der Waals surface area contributed by atoms with Crippen LogP contribution >= 0.6 is 0 Å². The zero-order chi connectivity index (χ0) is 18.9. The van der Waals surface area contributed by atoms with Crippen molar-refractivity contribution < 1.29 is 14.7 Å². The van der Waals surface area contributed by atoms with Gasteiger partial charge in [0.1, 0.15) is 12.6 Å². The Kier molecular flexibility index (Phi) is 7.88. The minimum Gasteiger partial charge on any atom is -0.385 e. The van der Waals surface area contributed by atoms with E-state index >= 15 is 0 Å². The highest BCUT2D eigenvalue weighted by molar-refractivity contribution is 5.17. The van der Waals surface area contributed by atoms with Gasteiger partial charge in [0.05, 0.1) is 25.8 Å². The van der Waals surface area contributed by atoms with Crippen LogP contribution in [0.1, 0.15) is 43.4 Å². The molecule has 2 N–H and O–H groups in total. The molecule has 0 radical (unpaired) electrons. The Morgan fingerprint density at radius 3 is 2.26 bits per heavy atom.